The normalized spacial score (nSPS) is 12.8. The molecule has 0 aliphatic rings. The van der Waals surface area contributed by atoms with Crippen LogP contribution in [0.25, 0.3) is 0 Å². The van der Waals surface area contributed by atoms with Crippen LogP contribution < -0.4 is 5.32 Å². The van der Waals surface area contributed by atoms with Gasteiger partial charge >= 0.3 is 5.97 Å². The summed E-state index contributed by atoms with van der Waals surface area (Å²) in [5, 5.41) is 23.2. The van der Waals surface area contributed by atoms with Crippen LogP contribution in [-0.2, 0) is 14.3 Å². The minimum atomic E-state index is -0.844. The number of unbranched alkanes of at least 4 members (excludes halogenated alkanes) is 51. The Hall–Kier alpha value is -2.18. The number of amides is 1. The lowest BCUT2D eigenvalue weighted by atomic mass is 10.0. The molecule has 0 bridgehead atoms. The standard InChI is InChI=1S/C75H141NO5/c1-3-5-7-9-11-13-15-17-19-35-39-43-47-51-55-59-63-67-73(78)72(71-77)76-74(79)68-64-60-56-52-48-44-40-37-33-31-29-27-25-23-21-22-24-26-28-30-32-34-38-42-46-50-54-58-62-66-70-81-75(80)69-65-61-57-53-49-45-41-36-20-18-16-14-12-10-8-6-4-2/h12,14,18,20,22,24,63,67,72-73,77-78H,3-11,13,15-17,19,21,23,25-62,64-66,68-71H2,1-2H3,(H,76,79)/b14-12-,20-18-,24-22-,67-63+. The summed E-state index contributed by atoms with van der Waals surface area (Å²) in [7, 11) is 0. The second kappa shape index (κ2) is 70.3. The lowest BCUT2D eigenvalue weighted by molar-refractivity contribution is -0.143. The number of carbonyl (C=O) groups excluding carboxylic acids is 2. The molecular formula is C75H141NO5. The number of carbonyl (C=O) groups is 2. The van der Waals surface area contributed by atoms with Crippen LogP contribution >= 0.6 is 0 Å². The van der Waals surface area contributed by atoms with Gasteiger partial charge in [0.15, 0.2) is 0 Å². The SMILES string of the molecule is CCCCC/C=C\C/C=C\CCCCCCCCCC(=O)OCCCCCCCCCCCCCC/C=C\CCCCCCCCCCCCCCCCC(=O)NC(CO)C(O)/C=C/CCCCCCCCCCCCCCCCC. The smallest absolute Gasteiger partial charge is 0.305 e. The molecule has 0 spiro atoms. The third kappa shape index (κ3) is 66.8. The van der Waals surface area contributed by atoms with Crippen LogP contribution in [0.2, 0.25) is 0 Å². The number of aliphatic hydroxyl groups is 2. The van der Waals surface area contributed by atoms with Gasteiger partial charge in [-0.05, 0) is 89.9 Å². The lowest BCUT2D eigenvalue weighted by Crippen LogP contribution is -2.45. The van der Waals surface area contributed by atoms with Crippen molar-refractivity contribution in [1.82, 2.24) is 5.32 Å². The fourth-order valence-corrected chi connectivity index (χ4v) is 11.3. The van der Waals surface area contributed by atoms with Crippen LogP contribution in [0.5, 0.6) is 0 Å². The quantitative estimate of drug-likeness (QED) is 0.0320. The summed E-state index contributed by atoms with van der Waals surface area (Å²) in [5.74, 6) is -0.0548. The van der Waals surface area contributed by atoms with Crippen molar-refractivity contribution in [2.45, 2.75) is 405 Å². The molecule has 0 aliphatic carbocycles. The van der Waals surface area contributed by atoms with Crippen LogP contribution in [-0.4, -0.2) is 47.4 Å². The predicted octanol–water partition coefficient (Wildman–Crippen LogP) is 23.6. The molecule has 476 valence electrons. The largest absolute Gasteiger partial charge is 0.466 e. The number of allylic oxidation sites excluding steroid dienone is 7. The zero-order valence-electron chi connectivity index (χ0n) is 54.5. The fraction of sp³-hybridized carbons (Fsp3) is 0.867. The molecule has 2 atom stereocenters. The van der Waals surface area contributed by atoms with Crippen LogP contribution in [0.4, 0.5) is 0 Å². The van der Waals surface area contributed by atoms with Gasteiger partial charge in [0.1, 0.15) is 0 Å². The van der Waals surface area contributed by atoms with Gasteiger partial charge in [0.25, 0.3) is 0 Å². The summed E-state index contributed by atoms with van der Waals surface area (Å²) in [5.41, 5.74) is 0. The maximum Gasteiger partial charge on any atom is 0.305 e. The molecule has 6 nitrogen and oxygen atoms in total. The molecule has 3 N–H and O–H groups in total. The molecule has 0 aromatic rings. The van der Waals surface area contributed by atoms with Gasteiger partial charge in [-0.3, -0.25) is 9.59 Å². The van der Waals surface area contributed by atoms with Gasteiger partial charge in [-0.1, -0.05) is 339 Å². The number of hydrogen-bond acceptors (Lipinski definition) is 5. The topological polar surface area (TPSA) is 95.9 Å². The first-order valence-electron chi connectivity index (χ1n) is 36.4. The summed E-state index contributed by atoms with van der Waals surface area (Å²) in [6, 6.07) is -0.628. The highest BCUT2D eigenvalue weighted by atomic mass is 16.5. The highest BCUT2D eigenvalue weighted by Gasteiger charge is 2.18. The van der Waals surface area contributed by atoms with Crippen molar-refractivity contribution >= 4 is 11.9 Å². The van der Waals surface area contributed by atoms with E-state index in [2.05, 4.69) is 55.6 Å². The first-order valence-corrected chi connectivity index (χ1v) is 36.4. The van der Waals surface area contributed by atoms with Crippen molar-refractivity contribution in [1.29, 1.82) is 0 Å². The second-order valence-electron chi connectivity index (χ2n) is 24.9. The Labute approximate surface area is 506 Å². The molecule has 0 radical (unpaired) electrons. The van der Waals surface area contributed by atoms with Gasteiger partial charge in [0.2, 0.25) is 5.91 Å². The van der Waals surface area contributed by atoms with Gasteiger partial charge < -0.3 is 20.3 Å². The summed E-state index contributed by atoms with van der Waals surface area (Å²) >= 11 is 0. The van der Waals surface area contributed by atoms with Crippen molar-refractivity contribution in [3.8, 4) is 0 Å². The zero-order valence-corrected chi connectivity index (χ0v) is 54.5. The molecule has 0 heterocycles. The van der Waals surface area contributed by atoms with Gasteiger partial charge in [-0.2, -0.15) is 0 Å². The lowest BCUT2D eigenvalue weighted by Gasteiger charge is -2.20. The van der Waals surface area contributed by atoms with Crippen molar-refractivity contribution in [3.63, 3.8) is 0 Å². The van der Waals surface area contributed by atoms with E-state index in [1.165, 1.54) is 315 Å². The van der Waals surface area contributed by atoms with E-state index in [9.17, 15) is 19.8 Å². The van der Waals surface area contributed by atoms with Gasteiger partial charge in [-0.15, -0.1) is 0 Å². The molecule has 6 heteroatoms. The Morgan fingerprint density at radius 2 is 0.617 bits per heavy atom. The fourth-order valence-electron chi connectivity index (χ4n) is 11.3. The zero-order chi connectivity index (χ0) is 58.5. The first-order chi connectivity index (χ1) is 40.0. The average Bonchev–Trinajstić information content (AvgIpc) is 3.47. The van der Waals surface area contributed by atoms with E-state index in [-0.39, 0.29) is 18.5 Å². The van der Waals surface area contributed by atoms with E-state index in [4.69, 9.17) is 4.74 Å². The predicted molar refractivity (Wildman–Crippen MR) is 356 cm³/mol. The van der Waals surface area contributed by atoms with Crippen LogP contribution in [0, 0.1) is 0 Å². The van der Waals surface area contributed by atoms with Crippen LogP contribution in [0.1, 0.15) is 393 Å². The molecule has 0 aromatic carbocycles. The highest BCUT2D eigenvalue weighted by Crippen LogP contribution is 2.18. The number of rotatable bonds is 68. The molecule has 0 aromatic heterocycles. The molecule has 0 rings (SSSR count). The number of esters is 1. The first kappa shape index (κ1) is 78.8. The third-order valence-electron chi connectivity index (χ3n) is 16.8. The summed E-state index contributed by atoms with van der Waals surface area (Å²) in [6.45, 7) is 4.91. The van der Waals surface area contributed by atoms with E-state index in [0.717, 1.165) is 51.4 Å². The number of aliphatic hydroxyl groups excluding tert-OH is 2. The van der Waals surface area contributed by atoms with E-state index < -0.39 is 12.1 Å². The van der Waals surface area contributed by atoms with Gasteiger partial charge in [0.05, 0.1) is 25.4 Å². The van der Waals surface area contributed by atoms with Crippen molar-refractivity contribution in [2.75, 3.05) is 13.2 Å². The Bertz CT molecular complexity index is 1360. The molecular weight excluding hydrogens is 995 g/mol. The third-order valence-corrected chi connectivity index (χ3v) is 16.8. The Morgan fingerprint density at radius 3 is 0.975 bits per heavy atom. The van der Waals surface area contributed by atoms with Crippen molar-refractivity contribution in [3.05, 3.63) is 48.6 Å². The molecule has 0 saturated carbocycles. The highest BCUT2D eigenvalue weighted by molar-refractivity contribution is 5.76. The maximum atomic E-state index is 12.5. The number of hydrogen-bond donors (Lipinski definition) is 3. The van der Waals surface area contributed by atoms with Gasteiger partial charge in [-0.25, -0.2) is 0 Å². The maximum absolute atomic E-state index is 12.5. The second-order valence-corrected chi connectivity index (χ2v) is 24.9. The van der Waals surface area contributed by atoms with E-state index in [1.807, 2.05) is 6.08 Å². The van der Waals surface area contributed by atoms with Crippen LogP contribution in [0.3, 0.4) is 0 Å². The van der Waals surface area contributed by atoms with Gasteiger partial charge in [0, 0.05) is 12.8 Å². The Kier molecular flexibility index (Phi) is 68.4. The molecule has 0 aliphatic heterocycles. The molecule has 1 amide bonds. The Balaban J connectivity index is 3.38. The monoisotopic (exact) mass is 1140 g/mol. The summed E-state index contributed by atoms with van der Waals surface area (Å²) in [6.07, 6.45) is 92.0. The van der Waals surface area contributed by atoms with Crippen molar-refractivity contribution < 1.29 is 24.5 Å². The Morgan fingerprint density at radius 1 is 0.346 bits per heavy atom. The molecule has 0 fully saturated rings. The average molecular weight is 1140 g/mol. The molecule has 0 saturated heterocycles. The summed E-state index contributed by atoms with van der Waals surface area (Å²) in [4.78, 5) is 24.6. The van der Waals surface area contributed by atoms with E-state index >= 15 is 0 Å². The van der Waals surface area contributed by atoms with E-state index in [1.54, 1.807) is 6.08 Å². The van der Waals surface area contributed by atoms with E-state index in [0.29, 0.717) is 19.4 Å². The minimum Gasteiger partial charge on any atom is -0.466 e. The summed E-state index contributed by atoms with van der Waals surface area (Å²) < 4.78 is 5.50. The molecule has 2 unspecified atom stereocenters. The number of ether oxygens (including phenoxy) is 1. The van der Waals surface area contributed by atoms with Crippen LogP contribution in [0.15, 0.2) is 48.6 Å². The van der Waals surface area contributed by atoms with Crippen molar-refractivity contribution in [2.24, 2.45) is 0 Å². The molecule has 81 heavy (non-hydrogen) atoms. The minimum absolute atomic E-state index is 0.00922. The number of nitrogens with one attached hydrogen (secondary N) is 1.